The number of amides is 1. The normalized spacial score (nSPS) is 20.4. The zero-order valence-corrected chi connectivity index (χ0v) is 11.3. The fraction of sp³-hybridized carbons (Fsp3) is 0.429. The van der Waals surface area contributed by atoms with E-state index in [1.165, 1.54) is 6.07 Å². The maximum absolute atomic E-state index is 11.8. The quantitative estimate of drug-likeness (QED) is 0.607. The molecule has 0 aromatic heterocycles. The van der Waals surface area contributed by atoms with E-state index in [0.29, 0.717) is 24.8 Å². The number of nitro groups is 1. The summed E-state index contributed by atoms with van der Waals surface area (Å²) in [5.41, 5.74) is 0.574. The Morgan fingerprint density at radius 1 is 1.29 bits per heavy atom. The van der Waals surface area contributed by atoms with Gasteiger partial charge in [-0.05, 0) is 19.3 Å². The second-order valence-corrected chi connectivity index (χ2v) is 5.06. The second-order valence-electron chi connectivity index (χ2n) is 5.06. The number of nitrogens with zero attached hydrogens (tertiary/aromatic N) is 1. The van der Waals surface area contributed by atoms with Crippen molar-refractivity contribution in [1.82, 2.24) is 5.32 Å². The summed E-state index contributed by atoms with van der Waals surface area (Å²) in [6.07, 6.45) is 1.44. The molecule has 112 valence electrons. The number of hydrogen-bond acceptors (Lipinski definition) is 4. The summed E-state index contributed by atoms with van der Waals surface area (Å²) in [5.74, 6) is -2.31. The number of aliphatic carboxylic acids is 1. The fourth-order valence-corrected chi connectivity index (χ4v) is 2.46. The van der Waals surface area contributed by atoms with Crippen molar-refractivity contribution in [3.63, 3.8) is 0 Å². The molecule has 0 bridgehead atoms. The number of carboxylic acids is 1. The lowest BCUT2D eigenvalue weighted by Crippen LogP contribution is -2.44. The van der Waals surface area contributed by atoms with Gasteiger partial charge in [-0.15, -0.1) is 0 Å². The van der Waals surface area contributed by atoms with Crippen LogP contribution in [0.2, 0.25) is 0 Å². The molecule has 1 aromatic rings. The van der Waals surface area contributed by atoms with Gasteiger partial charge in [0.15, 0.2) is 0 Å². The third kappa shape index (κ3) is 3.36. The Morgan fingerprint density at radius 3 is 2.52 bits per heavy atom. The minimum Gasteiger partial charge on any atom is -0.481 e. The average Bonchev–Trinajstić information content (AvgIpc) is 2.37. The van der Waals surface area contributed by atoms with Crippen LogP contribution in [0.1, 0.15) is 18.4 Å². The first-order valence-electron chi connectivity index (χ1n) is 6.73. The Hall–Kier alpha value is -2.44. The predicted octanol–water partition coefficient (Wildman–Crippen LogP) is 1.36. The van der Waals surface area contributed by atoms with Gasteiger partial charge in [-0.2, -0.15) is 0 Å². The fourth-order valence-electron chi connectivity index (χ4n) is 2.46. The van der Waals surface area contributed by atoms with Crippen molar-refractivity contribution in [2.24, 2.45) is 11.8 Å². The molecule has 7 heteroatoms. The van der Waals surface area contributed by atoms with E-state index in [1.54, 1.807) is 18.2 Å². The van der Waals surface area contributed by atoms with Crippen LogP contribution in [0.3, 0.4) is 0 Å². The summed E-state index contributed by atoms with van der Waals surface area (Å²) in [4.78, 5) is 33.1. The van der Waals surface area contributed by atoms with Gasteiger partial charge in [0.05, 0.1) is 16.8 Å². The van der Waals surface area contributed by atoms with Gasteiger partial charge in [0.2, 0.25) is 5.91 Å². The first-order chi connectivity index (χ1) is 10.0. The molecular formula is C14H16N2O5. The topological polar surface area (TPSA) is 110 Å². The zero-order valence-electron chi connectivity index (χ0n) is 11.3. The molecule has 1 aliphatic carbocycles. The van der Waals surface area contributed by atoms with Crippen molar-refractivity contribution in [1.29, 1.82) is 0 Å². The van der Waals surface area contributed by atoms with Crippen LogP contribution < -0.4 is 5.32 Å². The third-order valence-corrected chi connectivity index (χ3v) is 3.81. The van der Waals surface area contributed by atoms with E-state index in [0.717, 1.165) is 0 Å². The molecule has 1 aromatic carbocycles. The van der Waals surface area contributed by atoms with Gasteiger partial charge < -0.3 is 10.4 Å². The number of nitro benzene ring substituents is 1. The zero-order chi connectivity index (χ0) is 15.4. The largest absolute Gasteiger partial charge is 0.481 e. The highest BCUT2D eigenvalue weighted by Gasteiger charge is 2.41. The minimum atomic E-state index is -0.944. The van der Waals surface area contributed by atoms with E-state index in [-0.39, 0.29) is 18.1 Å². The molecule has 1 fully saturated rings. The molecule has 1 aliphatic rings. The molecule has 1 saturated carbocycles. The van der Waals surface area contributed by atoms with Crippen LogP contribution in [0.25, 0.3) is 0 Å². The summed E-state index contributed by atoms with van der Waals surface area (Å²) in [7, 11) is 0. The summed E-state index contributed by atoms with van der Waals surface area (Å²) >= 11 is 0. The van der Waals surface area contributed by atoms with Crippen LogP contribution in [0.5, 0.6) is 0 Å². The van der Waals surface area contributed by atoms with Crippen LogP contribution in [0.4, 0.5) is 5.69 Å². The lowest BCUT2D eigenvalue weighted by atomic mass is 9.73. The summed E-state index contributed by atoms with van der Waals surface area (Å²) in [6, 6.07) is 6.36. The Kier molecular flexibility index (Phi) is 4.52. The first-order valence-corrected chi connectivity index (χ1v) is 6.73. The monoisotopic (exact) mass is 292 g/mol. The van der Waals surface area contributed by atoms with Gasteiger partial charge in [0.1, 0.15) is 0 Å². The highest BCUT2D eigenvalue weighted by Crippen LogP contribution is 2.34. The Bertz CT molecular complexity index is 572. The Morgan fingerprint density at radius 2 is 1.95 bits per heavy atom. The van der Waals surface area contributed by atoms with Crippen molar-refractivity contribution >= 4 is 17.6 Å². The lowest BCUT2D eigenvalue weighted by Gasteiger charge is -2.31. The van der Waals surface area contributed by atoms with Crippen molar-refractivity contribution < 1.29 is 19.6 Å². The molecule has 0 heterocycles. The molecule has 7 nitrogen and oxygen atoms in total. The van der Waals surface area contributed by atoms with Crippen molar-refractivity contribution in [2.75, 3.05) is 6.54 Å². The number of benzene rings is 1. The average molecular weight is 292 g/mol. The van der Waals surface area contributed by atoms with Gasteiger partial charge in [0.25, 0.3) is 5.69 Å². The highest BCUT2D eigenvalue weighted by molar-refractivity contribution is 5.86. The maximum Gasteiger partial charge on any atom is 0.307 e. The smallest absolute Gasteiger partial charge is 0.307 e. The van der Waals surface area contributed by atoms with Crippen molar-refractivity contribution in [2.45, 2.75) is 19.3 Å². The van der Waals surface area contributed by atoms with Gasteiger partial charge in [-0.3, -0.25) is 19.7 Å². The standard InChI is InChI=1S/C14H16N2O5/c17-13(10-5-6-11(10)14(18)19)15-8-7-9-3-1-2-4-12(9)16(20)21/h1-4,10-11H,5-8H2,(H,15,17)(H,18,19). The number of para-hydroxylation sites is 1. The molecular weight excluding hydrogens is 276 g/mol. The molecule has 1 amide bonds. The van der Waals surface area contributed by atoms with E-state index in [1.807, 2.05) is 0 Å². The van der Waals surface area contributed by atoms with Crippen LogP contribution in [-0.2, 0) is 16.0 Å². The molecule has 2 atom stereocenters. The summed E-state index contributed by atoms with van der Waals surface area (Å²) in [5, 5.41) is 22.4. The second kappa shape index (κ2) is 6.34. The number of hydrogen-bond donors (Lipinski definition) is 2. The maximum atomic E-state index is 11.8. The first kappa shape index (κ1) is 15.0. The Balaban J connectivity index is 1.86. The molecule has 0 saturated heterocycles. The van der Waals surface area contributed by atoms with E-state index in [4.69, 9.17) is 5.11 Å². The summed E-state index contributed by atoms with van der Waals surface area (Å²) < 4.78 is 0. The molecule has 2 unspecified atom stereocenters. The van der Waals surface area contributed by atoms with E-state index in [2.05, 4.69) is 5.32 Å². The number of carbonyl (C=O) groups excluding carboxylic acids is 1. The molecule has 2 N–H and O–H groups in total. The van der Waals surface area contributed by atoms with Crippen LogP contribution in [0.15, 0.2) is 24.3 Å². The van der Waals surface area contributed by atoms with Crippen LogP contribution in [0, 0.1) is 22.0 Å². The van der Waals surface area contributed by atoms with Gasteiger partial charge in [-0.1, -0.05) is 18.2 Å². The molecule has 0 radical (unpaired) electrons. The van der Waals surface area contributed by atoms with E-state index in [9.17, 15) is 19.7 Å². The van der Waals surface area contributed by atoms with E-state index >= 15 is 0 Å². The predicted molar refractivity (Wildman–Crippen MR) is 73.7 cm³/mol. The van der Waals surface area contributed by atoms with Gasteiger partial charge >= 0.3 is 5.97 Å². The minimum absolute atomic E-state index is 0.0267. The number of rotatable bonds is 6. The number of nitrogens with one attached hydrogen (secondary N) is 1. The van der Waals surface area contributed by atoms with Crippen molar-refractivity contribution in [3.8, 4) is 0 Å². The number of carboxylic acid groups (broad SMARTS) is 1. The SMILES string of the molecule is O=C(O)C1CCC1C(=O)NCCc1ccccc1[N+](=O)[O-]. The number of carbonyl (C=O) groups is 2. The van der Waals surface area contributed by atoms with Gasteiger partial charge in [-0.25, -0.2) is 0 Å². The molecule has 21 heavy (non-hydrogen) atoms. The lowest BCUT2D eigenvalue weighted by molar-refractivity contribution is -0.385. The van der Waals surface area contributed by atoms with Gasteiger partial charge in [0, 0.05) is 18.2 Å². The molecule has 0 spiro atoms. The van der Waals surface area contributed by atoms with E-state index < -0.39 is 22.7 Å². The molecule has 2 rings (SSSR count). The van der Waals surface area contributed by atoms with Crippen LogP contribution in [-0.4, -0.2) is 28.5 Å². The van der Waals surface area contributed by atoms with Crippen molar-refractivity contribution in [3.05, 3.63) is 39.9 Å². The van der Waals surface area contributed by atoms with Crippen LogP contribution >= 0.6 is 0 Å². The summed E-state index contributed by atoms with van der Waals surface area (Å²) in [6.45, 7) is 0.256. The highest BCUT2D eigenvalue weighted by atomic mass is 16.6. The third-order valence-electron chi connectivity index (χ3n) is 3.81. The Labute approximate surface area is 121 Å². The molecule has 0 aliphatic heterocycles.